The molecule has 3 N–H and O–H groups in total. The van der Waals surface area contributed by atoms with Gasteiger partial charge in [-0.2, -0.15) is 0 Å². The Morgan fingerprint density at radius 2 is 1.97 bits per heavy atom. The van der Waals surface area contributed by atoms with Crippen molar-refractivity contribution < 1.29 is 24.5 Å². The van der Waals surface area contributed by atoms with Gasteiger partial charge in [0, 0.05) is 31.0 Å². The van der Waals surface area contributed by atoms with Crippen molar-refractivity contribution in [2.45, 2.75) is 82.6 Å². The summed E-state index contributed by atoms with van der Waals surface area (Å²) in [5.41, 5.74) is 0.473. The van der Waals surface area contributed by atoms with E-state index in [1.807, 2.05) is 29.2 Å². The predicted octanol–water partition coefficient (Wildman–Crippen LogP) is 3.17. The predicted molar refractivity (Wildman–Crippen MR) is 135 cm³/mol. The minimum Gasteiger partial charge on any atom is -0.482 e. The molecule has 3 unspecified atom stereocenters. The van der Waals surface area contributed by atoms with Crippen molar-refractivity contribution >= 4 is 34.4 Å². The highest BCUT2D eigenvalue weighted by atomic mass is 127. The van der Waals surface area contributed by atoms with Crippen molar-refractivity contribution in [1.82, 2.24) is 10.2 Å². The molecule has 0 bridgehead atoms. The number of nitrogens with zero attached hydrogens (tertiary/aromatic N) is 1. The number of benzene rings is 1. The first-order chi connectivity index (χ1) is 16.0. The molecule has 0 heterocycles. The molecular weight excluding hydrogens is 535 g/mol. The molecule has 3 atom stereocenters. The van der Waals surface area contributed by atoms with Crippen molar-refractivity contribution in [2.24, 2.45) is 0 Å². The monoisotopic (exact) mass is 570 g/mol. The van der Waals surface area contributed by atoms with Crippen molar-refractivity contribution in [1.29, 1.82) is 0 Å². The van der Waals surface area contributed by atoms with E-state index in [-0.39, 0.29) is 37.4 Å². The second kappa shape index (κ2) is 12.7. The molecule has 3 rings (SSSR count). The van der Waals surface area contributed by atoms with Crippen LogP contribution in [0.4, 0.5) is 0 Å². The van der Waals surface area contributed by atoms with Crippen LogP contribution in [0.3, 0.4) is 0 Å². The van der Waals surface area contributed by atoms with Gasteiger partial charge in [-0.05, 0) is 60.1 Å². The number of aliphatic hydroxyl groups excluding tert-OH is 2. The van der Waals surface area contributed by atoms with Gasteiger partial charge >= 0.3 is 0 Å². The Morgan fingerprint density at radius 3 is 2.64 bits per heavy atom. The van der Waals surface area contributed by atoms with Gasteiger partial charge in [-0.25, -0.2) is 0 Å². The van der Waals surface area contributed by atoms with Gasteiger partial charge in [0.1, 0.15) is 18.0 Å². The van der Waals surface area contributed by atoms with Crippen molar-refractivity contribution in [2.75, 3.05) is 13.2 Å². The Morgan fingerprint density at radius 1 is 1.24 bits per heavy atom. The summed E-state index contributed by atoms with van der Waals surface area (Å²) in [5.74, 6) is 0.362. The van der Waals surface area contributed by atoms with Crippen LogP contribution in [0.25, 0.3) is 0 Å². The lowest BCUT2D eigenvalue weighted by Crippen LogP contribution is -2.57. The fraction of sp³-hybridized carbons (Fsp3) is 0.600. The normalized spacial score (nSPS) is 23.2. The molecule has 1 aromatic carbocycles. The fourth-order valence-corrected chi connectivity index (χ4v) is 5.25. The van der Waals surface area contributed by atoms with Crippen LogP contribution < -0.4 is 10.1 Å². The highest BCUT2D eigenvalue weighted by Crippen LogP contribution is 2.34. The molecule has 7 nitrogen and oxygen atoms in total. The highest BCUT2D eigenvalue weighted by molar-refractivity contribution is 14.1. The van der Waals surface area contributed by atoms with E-state index >= 15 is 0 Å². The number of amides is 2. The first-order valence-corrected chi connectivity index (χ1v) is 13.0. The number of aliphatic hydroxyl groups is 2. The van der Waals surface area contributed by atoms with Gasteiger partial charge in [-0.3, -0.25) is 9.59 Å². The molecule has 1 saturated carbocycles. The summed E-state index contributed by atoms with van der Waals surface area (Å²) in [6.45, 7) is 2.05. The van der Waals surface area contributed by atoms with Crippen molar-refractivity contribution in [3.8, 4) is 5.75 Å². The number of unbranched alkanes of at least 4 members (excludes halogenated alkanes) is 1. The Hall–Kier alpha value is -1.65. The average molecular weight is 570 g/mol. The van der Waals surface area contributed by atoms with Crippen LogP contribution in [0.15, 0.2) is 35.9 Å². The van der Waals surface area contributed by atoms with E-state index < -0.39 is 18.2 Å². The molecule has 1 fully saturated rings. The minimum absolute atomic E-state index is 0.0397. The molecule has 0 spiro atoms. The van der Waals surface area contributed by atoms with E-state index in [0.29, 0.717) is 17.7 Å². The molecule has 0 aliphatic heterocycles. The van der Waals surface area contributed by atoms with Crippen LogP contribution in [0.5, 0.6) is 5.75 Å². The Balaban J connectivity index is 1.93. The summed E-state index contributed by atoms with van der Waals surface area (Å²) < 4.78 is 7.08. The quantitative estimate of drug-likeness (QED) is 0.376. The number of para-hydroxylation sites is 1. The Labute approximate surface area is 209 Å². The zero-order chi connectivity index (χ0) is 23.8. The van der Waals surface area contributed by atoms with Crippen LogP contribution in [-0.2, 0) is 9.59 Å². The minimum atomic E-state index is -0.957. The molecule has 2 amide bonds. The second-order valence-corrected chi connectivity index (χ2v) is 9.95. The third kappa shape index (κ3) is 6.70. The third-order valence-electron chi connectivity index (χ3n) is 6.42. The molecule has 0 radical (unpaired) electrons. The maximum absolute atomic E-state index is 13.3. The van der Waals surface area contributed by atoms with E-state index in [0.717, 1.165) is 42.1 Å². The van der Waals surface area contributed by atoms with E-state index in [1.54, 1.807) is 6.08 Å². The number of ether oxygens (including phenoxy) is 1. The van der Waals surface area contributed by atoms with Gasteiger partial charge < -0.3 is 25.2 Å². The molecule has 33 heavy (non-hydrogen) atoms. The van der Waals surface area contributed by atoms with E-state index in [4.69, 9.17) is 9.84 Å². The molecule has 2 aliphatic rings. The second-order valence-electron chi connectivity index (χ2n) is 8.79. The summed E-state index contributed by atoms with van der Waals surface area (Å²) in [4.78, 5) is 28.0. The SMILES string of the molecule is CCCCC(=O)N(C1CCCC1)C1CC(C(=O)NCCO)=CC(Oc2ccccc2I)C1O. The third-order valence-corrected chi connectivity index (χ3v) is 7.31. The molecular formula is C25H35IN2O5. The highest BCUT2D eigenvalue weighted by Gasteiger charge is 2.43. The van der Waals surface area contributed by atoms with Gasteiger partial charge in [0.15, 0.2) is 0 Å². The lowest BCUT2D eigenvalue weighted by Gasteiger charge is -2.43. The summed E-state index contributed by atoms with van der Waals surface area (Å²) >= 11 is 2.18. The number of carbonyl (C=O) groups excluding carboxylic acids is 2. The number of nitrogens with one attached hydrogen (secondary N) is 1. The maximum Gasteiger partial charge on any atom is 0.247 e. The standard InChI is InChI=1S/C25H35IN2O5/c1-2-3-12-23(30)28(18-8-4-5-9-18)20-15-17(25(32)27-13-14-29)16-22(24(20)31)33-21-11-7-6-10-19(21)26/h6-7,10-11,16,18,20,22,24,29,31H,2-5,8-9,12-15H2,1H3,(H,27,32). The first-order valence-electron chi connectivity index (χ1n) is 12.0. The Kier molecular flexibility index (Phi) is 10.0. The van der Waals surface area contributed by atoms with Crippen LogP contribution in [-0.4, -0.2) is 64.4 Å². The maximum atomic E-state index is 13.3. The van der Waals surface area contributed by atoms with Crippen molar-refractivity contribution in [3.05, 3.63) is 39.5 Å². The number of halogens is 1. The van der Waals surface area contributed by atoms with Crippen LogP contribution in [0.2, 0.25) is 0 Å². The zero-order valence-electron chi connectivity index (χ0n) is 19.2. The van der Waals surface area contributed by atoms with Gasteiger partial charge in [0.05, 0.1) is 16.2 Å². The van der Waals surface area contributed by atoms with E-state index in [9.17, 15) is 14.7 Å². The summed E-state index contributed by atoms with van der Waals surface area (Å²) in [5, 5.41) is 23.2. The number of rotatable bonds is 10. The van der Waals surface area contributed by atoms with Gasteiger partial charge in [-0.1, -0.05) is 38.3 Å². The molecule has 2 aliphatic carbocycles. The van der Waals surface area contributed by atoms with E-state index in [1.165, 1.54) is 0 Å². The number of hydrogen-bond acceptors (Lipinski definition) is 5. The summed E-state index contributed by atoms with van der Waals surface area (Å²) in [6.07, 6.45) is 6.32. The van der Waals surface area contributed by atoms with Crippen molar-refractivity contribution in [3.63, 3.8) is 0 Å². The van der Waals surface area contributed by atoms with Crippen LogP contribution in [0, 0.1) is 3.57 Å². The van der Waals surface area contributed by atoms with Crippen LogP contribution >= 0.6 is 22.6 Å². The topological polar surface area (TPSA) is 99.1 Å². The van der Waals surface area contributed by atoms with Crippen LogP contribution in [0.1, 0.15) is 58.3 Å². The largest absolute Gasteiger partial charge is 0.482 e. The lowest BCUT2D eigenvalue weighted by atomic mass is 9.87. The summed E-state index contributed by atoms with van der Waals surface area (Å²) in [7, 11) is 0. The summed E-state index contributed by atoms with van der Waals surface area (Å²) in [6, 6.07) is 7.06. The Bertz CT molecular complexity index is 840. The number of hydrogen-bond donors (Lipinski definition) is 3. The molecule has 0 saturated heterocycles. The fourth-order valence-electron chi connectivity index (χ4n) is 4.73. The zero-order valence-corrected chi connectivity index (χ0v) is 21.4. The van der Waals surface area contributed by atoms with Gasteiger partial charge in [-0.15, -0.1) is 0 Å². The average Bonchev–Trinajstić information content (AvgIpc) is 3.34. The molecule has 182 valence electrons. The molecule has 1 aromatic rings. The van der Waals surface area contributed by atoms with E-state index in [2.05, 4.69) is 34.8 Å². The van der Waals surface area contributed by atoms with Gasteiger partial charge in [0.2, 0.25) is 11.8 Å². The lowest BCUT2D eigenvalue weighted by molar-refractivity contribution is -0.142. The van der Waals surface area contributed by atoms with Gasteiger partial charge in [0.25, 0.3) is 0 Å². The smallest absolute Gasteiger partial charge is 0.247 e. The first kappa shape index (κ1) is 26.0. The molecule has 8 heteroatoms. The number of carbonyl (C=O) groups is 2. The molecule has 0 aromatic heterocycles.